The first-order valence-electron chi connectivity index (χ1n) is 16.5. The number of amides is 4. The van der Waals surface area contributed by atoms with Crippen molar-refractivity contribution in [3.63, 3.8) is 0 Å². The lowest BCUT2D eigenvalue weighted by molar-refractivity contribution is -0.144. The largest absolute Gasteiger partial charge is 0.445 e. The fraction of sp³-hybridized carbons (Fsp3) is 0.556. The number of ether oxygens (including phenoxy) is 1. The molecular weight excluding hydrogens is 584 g/mol. The molecule has 46 heavy (non-hydrogen) atoms. The summed E-state index contributed by atoms with van der Waals surface area (Å²) in [5, 5.41) is 19.7. The van der Waals surface area contributed by atoms with E-state index < -0.39 is 48.0 Å². The van der Waals surface area contributed by atoms with Gasteiger partial charge in [-0.25, -0.2) is 4.79 Å². The molecule has 0 fully saturated rings. The van der Waals surface area contributed by atoms with Gasteiger partial charge in [0.1, 0.15) is 18.7 Å². The second-order valence-corrected chi connectivity index (χ2v) is 13.5. The Kier molecular flexibility index (Phi) is 14.1. The van der Waals surface area contributed by atoms with E-state index in [0.717, 1.165) is 11.1 Å². The average Bonchev–Trinajstić information content (AvgIpc) is 3.01. The molecule has 0 spiro atoms. The molecule has 1 aliphatic heterocycles. The minimum atomic E-state index is -1.44. The maximum atomic E-state index is 13.7. The van der Waals surface area contributed by atoms with Gasteiger partial charge in [0.25, 0.3) is 5.91 Å². The van der Waals surface area contributed by atoms with Crippen molar-refractivity contribution in [2.24, 2.45) is 17.8 Å². The highest BCUT2D eigenvalue weighted by Gasteiger charge is 2.35. The minimum Gasteiger partial charge on any atom is -0.445 e. The van der Waals surface area contributed by atoms with E-state index in [1.165, 1.54) is 5.56 Å². The predicted molar refractivity (Wildman–Crippen MR) is 177 cm³/mol. The number of carbonyl (C=O) groups excluding carboxylic acids is 4. The topological polar surface area (TPSA) is 137 Å². The minimum absolute atomic E-state index is 0.0481. The normalized spacial score (nSPS) is 15.5. The van der Waals surface area contributed by atoms with Crippen LogP contribution < -0.4 is 16.0 Å². The Labute approximate surface area is 273 Å². The number of fused-ring (bicyclic) bond motifs is 1. The first-order valence-corrected chi connectivity index (χ1v) is 16.5. The van der Waals surface area contributed by atoms with Crippen LogP contribution >= 0.6 is 0 Å². The Morgan fingerprint density at radius 2 is 1.28 bits per heavy atom. The number of nitrogens with one attached hydrogen (secondary N) is 3. The molecule has 0 radical (unpaired) electrons. The zero-order valence-electron chi connectivity index (χ0n) is 28.1. The van der Waals surface area contributed by atoms with E-state index in [4.69, 9.17) is 4.74 Å². The lowest BCUT2D eigenvalue weighted by Gasteiger charge is -2.34. The number of rotatable bonds is 15. The summed E-state index contributed by atoms with van der Waals surface area (Å²) in [5.74, 6) is -1.23. The molecule has 4 N–H and O–H groups in total. The number of alkyl carbamates (subject to hydrolysis) is 1. The second kappa shape index (κ2) is 17.7. The Morgan fingerprint density at radius 1 is 0.739 bits per heavy atom. The van der Waals surface area contributed by atoms with Gasteiger partial charge >= 0.3 is 6.09 Å². The van der Waals surface area contributed by atoms with Gasteiger partial charge in [0.05, 0.1) is 6.04 Å². The molecule has 4 amide bonds. The maximum absolute atomic E-state index is 13.7. The molecule has 0 saturated heterocycles. The third kappa shape index (κ3) is 11.5. The summed E-state index contributed by atoms with van der Waals surface area (Å²) in [7, 11) is 0. The van der Waals surface area contributed by atoms with E-state index >= 15 is 0 Å². The molecule has 10 nitrogen and oxygen atoms in total. The highest BCUT2D eigenvalue weighted by Crippen LogP contribution is 2.21. The predicted octanol–water partition coefficient (Wildman–Crippen LogP) is 4.34. The van der Waals surface area contributed by atoms with Crippen LogP contribution in [0.2, 0.25) is 0 Å². The van der Waals surface area contributed by atoms with Crippen LogP contribution in [0.15, 0.2) is 54.6 Å². The quantitative estimate of drug-likeness (QED) is 0.230. The summed E-state index contributed by atoms with van der Waals surface area (Å²) < 4.78 is 5.34. The number of hydrogen-bond acceptors (Lipinski definition) is 6. The lowest BCUT2D eigenvalue weighted by atomic mass is 9.95. The standard InChI is InChI=1S/C36H52N4O6/c1-23(2)18-29(32(41)35(44)40-17-16-27-14-10-11-15-28(27)21-40)37-33(42)30(19-24(3)4)38-34(43)31(20-25(5)6)39-36(45)46-22-26-12-8-7-9-13-26/h7-15,23-25,29-32,41H,16-22H2,1-6H3,(H,37,42)(H,38,43)(H,39,45)/t29-,30-,31-,32?/m0/s1. The monoisotopic (exact) mass is 636 g/mol. The number of nitrogens with zero attached hydrogens (tertiary/aromatic N) is 1. The molecule has 4 atom stereocenters. The van der Waals surface area contributed by atoms with Gasteiger partial charge in [-0.2, -0.15) is 0 Å². The van der Waals surface area contributed by atoms with Crippen LogP contribution in [-0.4, -0.2) is 64.6 Å². The number of benzene rings is 2. The third-order valence-electron chi connectivity index (χ3n) is 8.00. The Bertz CT molecular complexity index is 1300. The first kappa shape index (κ1) is 36.5. The molecule has 1 heterocycles. The lowest BCUT2D eigenvalue weighted by Crippen LogP contribution is -2.58. The summed E-state index contributed by atoms with van der Waals surface area (Å²) in [6, 6.07) is 14.5. The highest BCUT2D eigenvalue weighted by molar-refractivity contribution is 5.92. The number of hydrogen-bond donors (Lipinski definition) is 4. The van der Waals surface area contributed by atoms with Gasteiger partial charge in [0, 0.05) is 13.1 Å². The van der Waals surface area contributed by atoms with Crippen molar-refractivity contribution in [1.82, 2.24) is 20.9 Å². The number of carbonyl (C=O) groups is 4. The van der Waals surface area contributed by atoms with Crippen LogP contribution in [0.25, 0.3) is 0 Å². The summed E-state index contributed by atoms with van der Waals surface area (Å²) in [5.41, 5.74) is 3.06. The van der Waals surface area contributed by atoms with E-state index in [9.17, 15) is 24.3 Å². The SMILES string of the molecule is CC(C)C[C@H](NC(=O)OCc1ccccc1)C(=O)N[C@@H](CC(C)C)C(=O)N[C@@H](CC(C)C)C(O)C(=O)N1CCc2ccccc2C1. The van der Waals surface area contributed by atoms with Crippen LogP contribution in [0.4, 0.5) is 4.79 Å². The highest BCUT2D eigenvalue weighted by atomic mass is 16.5. The zero-order valence-corrected chi connectivity index (χ0v) is 28.1. The molecule has 252 valence electrons. The van der Waals surface area contributed by atoms with Crippen LogP contribution in [0, 0.1) is 17.8 Å². The molecule has 0 saturated carbocycles. The van der Waals surface area contributed by atoms with Gasteiger partial charge in [-0.05, 0) is 60.1 Å². The fourth-order valence-corrected chi connectivity index (χ4v) is 5.69. The van der Waals surface area contributed by atoms with Crippen molar-refractivity contribution < 1.29 is 29.0 Å². The summed E-state index contributed by atoms with van der Waals surface area (Å²) in [6.07, 6.45) is -0.439. The average molecular weight is 637 g/mol. The molecule has 3 rings (SSSR count). The van der Waals surface area contributed by atoms with Crippen LogP contribution in [-0.2, 0) is 38.7 Å². The van der Waals surface area contributed by atoms with Crippen molar-refractivity contribution in [1.29, 1.82) is 0 Å². The molecule has 0 bridgehead atoms. The Morgan fingerprint density at radius 3 is 1.89 bits per heavy atom. The maximum Gasteiger partial charge on any atom is 0.408 e. The third-order valence-corrected chi connectivity index (χ3v) is 8.00. The molecule has 0 aliphatic carbocycles. The number of aliphatic hydroxyl groups is 1. The van der Waals surface area contributed by atoms with Crippen LogP contribution in [0.5, 0.6) is 0 Å². The fourth-order valence-electron chi connectivity index (χ4n) is 5.69. The van der Waals surface area contributed by atoms with E-state index in [0.29, 0.717) is 38.8 Å². The van der Waals surface area contributed by atoms with Crippen molar-refractivity contribution in [3.8, 4) is 0 Å². The van der Waals surface area contributed by atoms with Gasteiger partial charge < -0.3 is 30.7 Å². The molecule has 2 aromatic carbocycles. The van der Waals surface area contributed by atoms with E-state index in [-0.39, 0.29) is 24.4 Å². The van der Waals surface area contributed by atoms with E-state index in [2.05, 4.69) is 16.0 Å². The molecule has 10 heteroatoms. The van der Waals surface area contributed by atoms with Gasteiger partial charge in [0.15, 0.2) is 6.10 Å². The van der Waals surface area contributed by atoms with Crippen molar-refractivity contribution in [3.05, 3.63) is 71.3 Å². The molecule has 2 aromatic rings. The van der Waals surface area contributed by atoms with Crippen LogP contribution in [0.3, 0.4) is 0 Å². The van der Waals surface area contributed by atoms with Crippen molar-refractivity contribution in [2.45, 2.75) is 105 Å². The molecular formula is C36H52N4O6. The van der Waals surface area contributed by atoms with E-state index in [1.54, 1.807) is 4.90 Å². The smallest absolute Gasteiger partial charge is 0.408 e. The van der Waals surface area contributed by atoms with Crippen molar-refractivity contribution in [2.75, 3.05) is 6.54 Å². The Balaban J connectivity index is 1.69. The molecule has 1 unspecified atom stereocenters. The van der Waals surface area contributed by atoms with Crippen LogP contribution in [0.1, 0.15) is 77.5 Å². The first-order chi connectivity index (χ1) is 21.8. The molecule has 0 aromatic heterocycles. The summed E-state index contributed by atoms with van der Waals surface area (Å²) in [4.78, 5) is 55.0. The summed E-state index contributed by atoms with van der Waals surface area (Å²) >= 11 is 0. The summed E-state index contributed by atoms with van der Waals surface area (Å²) in [6.45, 7) is 12.6. The molecule has 1 aliphatic rings. The zero-order chi connectivity index (χ0) is 33.8. The second-order valence-electron chi connectivity index (χ2n) is 13.5. The van der Waals surface area contributed by atoms with Gasteiger partial charge in [-0.1, -0.05) is 96.1 Å². The van der Waals surface area contributed by atoms with Gasteiger partial charge in [-0.15, -0.1) is 0 Å². The Hall–Kier alpha value is -3.92. The number of aliphatic hydroxyl groups excluding tert-OH is 1. The van der Waals surface area contributed by atoms with Gasteiger partial charge in [0.2, 0.25) is 11.8 Å². The van der Waals surface area contributed by atoms with Crippen molar-refractivity contribution >= 4 is 23.8 Å². The van der Waals surface area contributed by atoms with E-state index in [1.807, 2.05) is 96.1 Å². The van der Waals surface area contributed by atoms with Gasteiger partial charge in [-0.3, -0.25) is 14.4 Å².